The third-order valence-electron chi connectivity index (χ3n) is 5.84. The van der Waals surface area contributed by atoms with Gasteiger partial charge in [0.15, 0.2) is 12.4 Å². The van der Waals surface area contributed by atoms with Gasteiger partial charge in [-0.15, -0.1) is 0 Å². The molecule has 0 aliphatic carbocycles. The molecule has 2 aromatic heterocycles. The summed E-state index contributed by atoms with van der Waals surface area (Å²) in [6.07, 6.45) is 8.22. The standard InChI is InChI=1S/C30H30N2/c1-6-28(7-2)32-29(25-14-10-23(4)11-15-25)20-27(24-12-8-22(3)9-13-24)21-30(32)26-16-18-31(5)19-17-26/h6-21H,1H2,2-5H3/q+2/b28-7+. The molecule has 4 rings (SSSR count). The molecule has 0 spiro atoms. The van der Waals surface area contributed by atoms with Gasteiger partial charge in [-0.2, -0.15) is 4.57 Å². The van der Waals surface area contributed by atoms with Crippen molar-refractivity contribution in [1.29, 1.82) is 0 Å². The van der Waals surface area contributed by atoms with Crippen LogP contribution in [0.2, 0.25) is 0 Å². The zero-order valence-corrected chi connectivity index (χ0v) is 19.3. The average molecular weight is 419 g/mol. The number of nitrogens with zero attached hydrogens (tertiary/aromatic N) is 2. The van der Waals surface area contributed by atoms with Gasteiger partial charge in [0, 0.05) is 35.9 Å². The molecule has 0 fully saturated rings. The van der Waals surface area contributed by atoms with Crippen molar-refractivity contribution in [3.8, 4) is 33.6 Å². The van der Waals surface area contributed by atoms with Gasteiger partial charge in [-0.05, 0) is 50.1 Å². The third-order valence-corrected chi connectivity index (χ3v) is 5.84. The Morgan fingerprint density at radius 3 is 1.62 bits per heavy atom. The Kier molecular flexibility index (Phi) is 6.13. The molecule has 0 radical (unpaired) electrons. The topological polar surface area (TPSA) is 7.76 Å². The predicted octanol–water partition coefficient (Wildman–Crippen LogP) is 6.46. The molecule has 158 valence electrons. The first-order valence-electron chi connectivity index (χ1n) is 11.0. The molecule has 0 N–H and O–H groups in total. The Hall–Kier alpha value is -3.78. The zero-order chi connectivity index (χ0) is 22.7. The van der Waals surface area contributed by atoms with Crippen LogP contribution in [0.15, 0.2) is 104 Å². The van der Waals surface area contributed by atoms with Gasteiger partial charge >= 0.3 is 0 Å². The lowest BCUT2D eigenvalue weighted by atomic mass is 9.98. The minimum atomic E-state index is 1.05. The van der Waals surface area contributed by atoms with Crippen molar-refractivity contribution in [2.45, 2.75) is 20.8 Å². The van der Waals surface area contributed by atoms with Crippen molar-refractivity contribution in [2.24, 2.45) is 7.05 Å². The van der Waals surface area contributed by atoms with Gasteiger partial charge in [0.1, 0.15) is 7.05 Å². The maximum absolute atomic E-state index is 4.10. The highest BCUT2D eigenvalue weighted by Gasteiger charge is 2.25. The lowest BCUT2D eigenvalue weighted by Gasteiger charge is -2.13. The van der Waals surface area contributed by atoms with Crippen LogP contribution in [-0.2, 0) is 7.05 Å². The van der Waals surface area contributed by atoms with Crippen LogP contribution >= 0.6 is 0 Å². The number of allylic oxidation sites excluding steroid dienone is 3. The van der Waals surface area contributed by atoms with Crippen LogP contribution in [0.4, 0.5) is 0 Å². The summed E-state index contributed by atoms with van der Waals surface area (Å²) in [5.74, 6) is 0. The molecular weight excluding hydrogens is 388 g/mol. The lowest BCUT2D eigenvalue weighted by Crippen LogP contribution is -2.37. The number of rotatable bonds is 5. The van der Waals surface area contributed by atoms with E-state index in [1.165, 1.54) is 27.8 Å². The molecule has 2 aromatic carbocycles. The maximum atomic E-state index is 4.10. The normalized spacial score (nSPS) is 11.4. The third kappa shape index (κ3) is 4.31. The summed E-state index contributed by atoms with van der Waals surface area (Å²) in [6, 6.07) is 26.4. The number of aromatic nitrogens is 2. The van der Waals surface area contributed by atoms with E-state index < -0.39 is 0 Å². The van der Waals surface area contributed by atoms with E-state index in [0.29, 0.717) is 0 Å². The molecule has 32 heavy (non-hydrogen) atoms. The second-order valence-electron chi connectivity index (χ2n) is 8.25. The fourth-order valence-corrected chi connectivity index (χ4v) is 3.95. The molecule has 0 saturated carbocycles. The van der Waals surface area contributed by atoms with Crippen molar-refractivity contribution in [1.82, 2.24) is 0 Å². The van der Waals surface area contributed by atoms with E-state index in [2.05, 4.69) is 128 Å². The van der Waals surface area contributed by atoms with E-state index in [9.17, 15) is 0 Å². The Labute approximate surface area is 191 Å². The average Bonchev–Trinajstić information content (AvgIpc) is 2.81. The summed E-state index contributed by atoms with van der Waals surface area (Å²) in [4.78, 5) is 0. The van der Waals surface area contributed by atoms with Gasteiger partial charge in [-0.3, -0.25) is 0 Å². The molecule has 0 aliphatic heterocycles. The quantitative estimate of drug-likeness (QED) is 0.259. The minimum Gasteiger partial charge on any atom is -0.208 e. The van der Waals surface area contributed by atoms with Crippen molar-refractivity contribution < 1.29 is 9.13 Å². The van der Waals surface area contributed by atoms with Crippen LogP contribution in [0.25, 0.3) is 39.3 Å². The number of benzene rings is 2. The van der Waals surface area contributed by atoms with E-state index in [0.717, 1.165) is 22.6 Å². The van der Waals surface area contributed by atoms with Crippen LogP contribution in [0, 0.1) is 13.8 Å². The number of aryl methyl sites for hydroxylation is 3. The van der Waals surface area contributed by atoms with E-state index in [1.54, 1.807) is 0 Å². The van der Waals surface area contributed by atoms with E-state index >= 15 is 0 Å². The molecule has 0 amide bonds. The Bertz CT molecular complexity index is 1210. The van der Waals surface area contributed by atoms with Crippen LogP contribution in [0.3, 0.4) is 0 Å². The molecule has 0 bridgehead atoms. The highest BCUT2D eigenvalue weighted by atomic mass is 15.0. The van der Waals surface area contributed by atoms with Crippen LogP contribution < -0.4 is 9.13 Å². The largest absolute Gasteiger partial charge is 0.220 e. The van der Waals surface area contributed by atoms with Crippen molar-refractivity contribution in [3.05, 3.63) is 115 Å². The first-order chi connectivity index (χ1) is 15.5. The van der Waals surface area contributed by atoms with Gasteiger partial charge < -0.3 is 0 Å². The van der Waals surface area contributed by atoms with E-state index in [4.69, 9.17) is 0 Å². The van der Waals surface area contributed by atoms with Gasteiger partial charge in [0.05, 0.1) is 5.56 Å². The highest BCUT2D eigenvalue weighted by Crippen LogP contribution is 2.30. The van der Waals surface area contributed by atoms with Gasteiger partial charge in [-0.25, -0.2) is 4.57 Å². The fourth-order valence-electron chi connectivity index (χ4n) is 3.95. The summed E-state index contributed by atoms with van der Waals surface area (Å²) in [5.41, 5.74) is 10.6. The Morgan fingerprint density at radius 2 is 1.16 bits per heavy atom. The first kappa shape index (κ1) is 21.5. The summed E-state index contributed by atoms with van der Waals surface area (Å²) >= 11 is 0. The van der Waals surface area contributed by atoms with Crippen LogP contribution in [-0.4, -0.2) is 0 Å². The first-order valence-corrected chi connectivity index (χ1v) is 11.0. The lowest BCUT2D eigenvalue weighted by molar-refractivity contribution is -0.671. The van der Waals surface area contributed by atoms with Crippen LogP contribution in [0.1, 0.15) is 18.1 Å². The van der Waals surface area contributed by atoms with Crippen molar-refractivity contribution in [2.75, 3.05) is 0 Å². The second-order valence-corrected chi connectivity index (χ2v) is 8.25. The van der Waals surface area contributed by atoms with Crippen LogP contribution in [0.5, 0.6) is 0 Å². The summed E-state index contributed by atoms with van der Waals surface area (Å²) in [7, 11) is 2.04. The molecule has 2 heteroatoms. The number of hydrogen-bond donors (Lipinski definition) is 0. The fraction of sp³-hybridized carbons (Fsp3) is 0.133. The Morgan fingerprint density at radius 1 is 0.688 bits per heavy atom. The SMILES string of the molecule is C=C/C(=C\C)[n+]1c(-c2ccc(C)cc2)cc(-c2ccc(C)cc2)cc1-c1cc[n+](C)cc1. The zero-order valence-electron chi connectivity index (χ0n) is 19.3. The summed E-state index contributed by atoms with van der Waals surface area (Å²) in [6.45, 7) is 10.4. The van der Waals surface area contributed by atoms with Gasteiger partial charge in [0.2, 0.25) is 17.1 Å². The predicted molar refractivity (Wildman–Crippen MR) is 134 cm³/mol. The van der Waals surface area contributed by atoms with Gasteiger partial charge in [-0.1, -0.05) is 54.1 Å². The van der Waals surface area contributed by atoms with E-state index in [-0.39, 0.29) is 0 Å². The molecule has 0 atom stereocenters. The molecule has 0 saturated heterocycles. The summed E-state index contributed by atoms with van der Waals surface area (Å²) < 4.78 is 4.37. The second kappa shape index (κ2) is 9.15. The Balaban J connectivity index is 2.09. The minimum absolute atomic E-state index is 1.05. The molecule has 0 aliphatic rings. The number of hydrogen-bond acceptors (Lipinski definition) is 0. The van der Waals surface area contributed by atoms with Crippen molar-refractivity contribution >= 4 is 5.70 Å². The maximum Gasteiger partial charge on any atom is 0.220 e. The molecule has 2 nitrogen and oxygen atoms in total. The highest BCUT2D eigenvalue weighted by molar-refractivity contribution is 5.75. The number of pyridine rings is 2. The molecular formula is C30H30N2+2. The van der Waals surface area contributed by atoms with Gasteiger partial charge in [0.25, 0.3) is 0 Å². The summed E-state index contributed by atoms with van der Waals surface area (Å²) in [5, 5.41) is 0. The monoisotopic (exact) mass is 418 g/mol. The van der Waals surface area contributed by atoms with E-state index in [1.807, 2.05) is 13.1 Å². The molecule has 0 unspecified atom stereocenters. The molecule has 2 heterocycles. The smallest absolute Gasteiger partial charge is 0.208 e. The molecule has 4 aromatic rings. The van der Waals surface area contributed by atoms with Crippen molar-refractivity contribution in [3.63, 3.8) is 0 Å².